The summed E-state index contributed by atoms with van der Waals surface area (Å²) in [6.45, 7) is 7.35. The summed E-state index contributed by atoms with van der Waals surface area (Å²) < 4.78 is 11.5. The number of carbonyl (C=O) groups excluding carboxylic acids is 3. The third kappa shape index (κ3) is 5.77. The number of halogens is 1. The van der Waals surface area contributed by atoms with Gasteiger partial charge in [-0.3, -0.25) is 9.59 Å². The Bertz CT molecular complexity index is 964. The lowest BCUT2D eigenvalue weighted by Crippen LogP contribution is -2.12. The van der Waals surface area contributed by atoms with Gasteiger partial charge < -0.3 is 14.8 Å². The molecule has 1 aromatic carbocycles. The molecule has 0 aliphatic carbocycles. The third-order valence-electron chi connectivity index (χ3n) is 3.87. The lowest BCUT2D eigenvalue weighted by molar-refractivity contribution is -0.111. The standard InChI is InChI=1S/C21H22BrNO5S/c1-5-27-16-9-8-15(22)11-14(16)7-10-17(25)23-20-18(21(26)28-6-2)12(3)19(29-20)13(4)24/h7-11H,5-6H2,1-4H3,(H,23,25). The first-order valence-corrected chi connectivity index (χ1v) is 10.6. The molecule has 0 aliphatic rings. The third-order valence-corrected chi connectivity index (χ3v) is 5.67. The second-order valence-electron chi connectivity index (χ2n) is 5.97. The Labute approximate surface area is 182 Å². The molecule has 0 fully saturated rings. The van der Waals surface area contributed by atoms with Crippen molar-refractivity contribution in [3.05, 3.63) is 50.3 Å². The van der Waals surface area contributed by atoms with E-state index in [0.29, 0.717) is 27.8 Å². The highest BCUT2D eigenvalue weighted by molar-refractivity contribution is 9.10. The molecule has 6 nitrogen and oxygen atoms in total. The first-order chi connectivity index (χ1) is 13.8. The molecule has 2 aromatic rings. The summed E-state index contributed by atoms with van der Waals surface area (Å²) >= 11 is 4.46. The number of rotatable bonds is 8. The minimum atomic E-state index is -0.571. The quantitative estimate of drug-likeness (QED) is 0.317. The van der Waals surface area contributed by atoms with E-state index in [-0.39, 0.29) is 18.0 Å². The summed E-state index contributed by atoms with van der Waals surface area (Å²) in [4.78, 5) is 37.1. The van der Waals surface area contributed by atoms with Crippen molar-refractivity contribution >= 4 is 56.0 Å². The maximum atomic E-state index is 12.5. The number of benzene rings is 1. The van der Waals surface area contributed by atoms with Crippen LogP contribution in [0.15, 0.2) is 28.7 Å². The molecule has 0 atom stereocenters. The van der Waals surface area contributed by atoms with Crippen LogP contribution in [0.3, 0.4) is 0 Å². The Hall–Kier alpha value is -2.45. The summed E-state index contributed by atoms with van der Waals surface area (Å²) in [7, 11) is 0. The van der Waals surface area contributed by atoms with Crippen LogP contribution in [-0.4, -0.2) is 30.9 Å². The van der Waals surface area contributed by atoms with E-state index >= 15 is 0 Å². The lowest BCUT2D eigenvalue weighted by Gasteiger charge is -2.08. The van der Waals surface area contributed by atoms with Gasteiger partial charge in [-0.2, -0.15) is 0 Å². The van der Waals surface area contributed by atoms with Gasteiger partial charge in [0.15, 0.2) is 5.78 Å². The average Bonchev–Trinajstić information content (AvgIpc) is 2.98. The van der Waals surface area contributed by atoms with Gasteiger partial charge in [0.2, 0.25) is 5.91 Å². The first-order valence-electron chi connectivity index (χ1n) is 9.01. The Morgan fingerprint density at radius 3 is 2.55 bits per heavy atom. The normalized spacial score (nSPS) is 10.8. The molecule has 2 rings (SSSR count). The average molecular weight is 480 g/mol. The van der Waals surface area contributed by atoms with Crippen LogP contribution in [0.5, 0.6) is 5.75 Å². The second kappa shape index (κ2) is 10.4. The number of hydrogen-bond acceptors (Lipinski definition) is 6. The van der Waals surface area contributed by atoms with Gasteiger partial charge in [0.1, 0.15) is 10.8 Å². The fraction of sp³-hybridized carbons (Fsp3) is 0.286. The molecule has 8 heteroatoms. The Morgan fingerprint density at radius 1 is 1.21 bits per heavy atom. The van der Waals surface area contributed by atoms with E-state index in [4.69, 9.17) is 9.47 Å². The number of esters is 1. The monoisotopic (exact) mass is 479 g/mol. The molecule has 29 heavy (non-hydrogen) atoms. The summed E-state index contributed by atoms with van der Waals surface area (Å²) in [5, 5.41) is 2.98. The van der Waals surface area contributed by atoms with Crippen molar-refractivity contribution in [2.24, 2.45) is 0 Å². The molecule has 1 aromatic heterocycles. The minimum absolute atomic E-state index is 0.176. The van der Waals surface area contributed by atoms with Crippen molar-refractivity contribution in [1.29, 1.82) is 0 Å². The second-order valence-corrected chi connectivity index (χ2v) is 7.91. The van der Waals surface area contributed by atoms with Gasteiger partial charge in [0.05, 0.1) is 23.7 Å². The maximum Gasteiger partial charge on any atom is 0.341 e. The molecule has 0 saturated heterocycles. The molecule has 1 heterocycles. The van der Waals surface area contributed by atoms with Crippen LogP contribution in [0.4, 0.5) is 5.00 Å². The van der Waals surface area contributed by atoms with E-state index in [0.717, 1.165) is 21.4 Å². The number of carbonyl (C=O) groups is 3. The van der Waals surface area contributed by atoms with Crippen LogP contribution >= 0.6 is 27.3 Å². The first kappa shape index (κ1) is 22.8. The van der Waals surface area contributed by atoms with E-state index in [2.05, 4.69) is 21.2 Å². The van der Waals surface area contributed by atoms with Gasteiger partial charge in [-0.25, -0.2) is 4.79 Å². The molecule has 0 saturated carbocycles. The number of ether oxygens (including phenoxy) is 2. The topological polar surface area (TPSA) is 81.7 Å². The Kier molecular flexibility index (Phi) is 8.16. The number of ketones is 1. The van der Waals surface area contributed by atoms with Crippen LogP contribution in [0, 0.1) is 6.92 Å². The number of nitrogens with one attached hydrogen (secondary N) is 1. The molecule has 0 unspecified atom stereocenters. The Balaban J connectivity index is 2.30. The largest absolute Gasteiger partial charge is 0.493 e. The minimum Gasteiger partial charge on any atom is -0.493 e. The fourth-order valence-electron chi connectivity index (χ4n) is 2.64. The summed E-state index contributed by atoms with van der Waals surface area (Å²) in [5.74, 6) is -0.532. The number of thiophene rings is 1. The molecule has 154 valence electrons. The molecule has 1 amide bonds. The number of anilines is 1. The highest BCUT2D eigenvalue weighted by Gasteiger charge is 2.24. The fourth-order valence-corrected chi connectivity index (χ4v) is 4.11. The summed E-state index contributed by atoms with van der Waals surface area (Å²) in [5.41, 5.74) is 1.45. The lowest BCUT2D eigenvalue weighted by atomic mass is 10.1. The number of Topliss-reactive ketones (excluding diaryl/α,β-unsaturated/α-hetero) is 1. The Morgan fingerprint density at radius 2 is 1.93 bits per heavy atom. The van der Waals surface area contributed by atoms with Gasteiger partial charge in [-0.05, 0) is 57.5 Å². The van der Waals surface area contributed by atoms with Gasteiger partial charge in [-0.15, -0.1) is 11.3 Å². The van der Waals surface area contributed by atoms with Crippen LogP contribution in [0.25, 0.3) is 6.08 Å². The smallest absolute Gasteiger partial charge is 0.341 e. The number of amides is 1. The van der Waals surface area contributed by atoms with Crippen molar-refractivity contribution in [2.45, 2.75) is 27.7 Å². The molecule has 0 radical (unpaired) electrons. The van der Waals surface area contributed by atoms with E-state index in [1.165, 1.54) is 13.0 Å². The zero-order chi connectivity index (χ0) is 21.6. The van der Waals surface area contributed by atoms with Crippen LogP contribution in [-0.2, 0) is 9.53 Å². The predicted octanol–water partition coefficient (Wildman–Crippen LogP) is 5.25. The van der Waals surface area contributed by atoms with Crippen molar-refractivity contribution in [2.75, 3.05) is 18.5 Å². The van der Waals surface area contributed by atoms with Gasteiger partial charge in [0.25, 0.3) is 0 Å². The SMILES string of the molecule is CCOC(=O)c1c(NC(=O)C=Cc2cc(Br)ccc2OCC)sc(C(C)=O)c1C. The van der Waals surface area contributed by atoms with Crippen LogP contribution < -0.4 is 10.1 Å². The molecular weight excluding hydrogens is 458 g/mol. The van der Waals surface area contributed by atoms with Crippen molar-refractivity contribution in [3.63, 3.8) is 0 Å². The predicted molar refractivity (Wildman–Crippen MR) is 118 cm³/mol. The van der Waals surface area contributed by atoms with Crippen molar-refractivity contribution in [3.8, 4) is 5.75 Å². The highest BCUT2D eigenvalue weighted by Crippen LogP contribution is 2.34. The van der Waals surface area contributed by atoms with Crippen molar-refractivity contribution < 1.29 is 23.9 Å². The van der Waals surface area contributed by atoms with Gasteiger partial charge in [0, 0.05) is 16.1 Å². The van der Waals surface area contributed by atoms with E-state index < -0.39 is 11.9 Å². The van der Waals surface area contributed by atoms with E-state index in [1.54, 1.807) is 19.9 Å². The van der Waals surface area contributed by atoms with E-state index in [9.17, 15) is 14.4 Å². The maximum absolute atomic E-state index is 12.5. The zero-order valence-corrected chi connectivity index (χ0v) is 19.0. The van der Waals surface area contributed by atoms with Crippen molar-refractivity contribution in [1.82, 2.24) is 0 Å². The van der Waals surface area contributed by atoms with Crippen LogP contribution in [0.1, 0.15) is 51.9 Å². The summed E-state index contributed by atoms with van der Waals surface area (Å²) in [6.07, 6.45) is 2.98. The zero-order valence-electron chi connectivity index (χ0n) is 16.6. The van der Waals surface area contributed by atoms with E-state index in [1.807, 2.05) is 25.1 Å². The summed E-state index contributed by atoms with van der Waals surface area (Å²) in [6, 6.07) is 5.50. The molecule has 1 N–H and O–H groups in total. The molecule has 0 spiro atoms. The van der Waals surface area contributed by atoms with Gasteiger partial charge >= 0.3 is 5.97 Å². The molecule has 0 bridgehead atoms. The van der Waals surface area contributed by atoms with Gasteiger partial charge in [-0.1, -0.05) is 15.9 Å². The number of hydrogen-bond donors (Lipinski definition) is 1. The van der Waals surface area contributed by atoms with Crippen LogP contribution in [0.2, 0.25) is 0 Å². The molecule has 0 aliphatic heterocycles. The highest BCUT2D eigenvalue weighted by atomic mass is 79.9. The molecular formula is C21H22BrNO5S.